The summed E-state index contributed by atoms with van der Waals surface area (Å²) in [5.41, 5.74) is 1.55. The Hall–Kier alpha value is -2.70. The number of anilines is 1. The van der Waals surface area contributed by atoms with E-state index >= 15 is 0 Å². The van der Waals surface area contributed by atoms with Crippen molar-refractivity contribution in [3.63, 3.8) is 0 Å². The summed E-state index contributed by atoms with van der Waals surface area (Å²) in [6, 6.07) is 4.66. The topological polar surface area (TPSA) is 96.5 Å². The molecule has 20 heavy (non-hydrogen) atoms. The number of fused-ring (bicyclic) bond motifs is 1. The van der Waals surface area contributed by atoms with E-state index in [4.69, 9.17) is 9.63 Å². The summed E-state index contributed by atoms with van der Waals surface area (Å²) >= 11 is 0. The van der Waals surface area contributed by atoms with Crippen LogP contribution in [0.2, 0.25) is 0 Å². The highest BCUT2D eigenvalue weighted by Gasteiger charge is 2.29. The van der Waals surface area contributed by atoms with Gasteiger partial charge in [-0.3, -0.25) is 4.79 Å². The van der Waals surface area contributed by atoms with Crippen molar-refractivity contribution in [2.75, 3.05) is 4.90 Å². The van der Waals surface area contributed by atoms with Crippen molar-refractivity contribution in [3.05, 3.63) is 41.0 Å². The third kappa shape index (κ3) is 2.03. The number of hydrogen-bond acceptors (Lipinski definition) is 5. The molecule has 2 aromatic rings. The number of benzene rings is 1. The Morgan fingerprint density at radius 3 is 2.95 bits per heavy atom. The largest absolute Gasteiger partial charge is 0.478 e. The third-order valence-electron chi connectivity index (χ3n) is 3.13. The molecule has 2 heterocycles. The van der Waals surface area contributed by atoms with Crippen LogP contribution in [0.5, 0.6) is 0 Å². The van der Waals surface area contributed by atoms with Crippen LogP contribution in [0.1, 0.15) is 27.6 Å². The zero-order chi connectivity index (χ0) is 14.3. The first-order chi connectivity index (χ1) is 9.54. The minimum atomic E-state index is -1.03. The molecule has 0 unspecified atom stereocenters. The molecule has 1 aliphatic rings. The second-order valence-electron chi connectivity index (χ2n) is 4.53. The zero-order valence-corrected chi connectivity index (χ0v) is 10.7. The quantitative estimate of drug-likeness (QED) is 0.901. The molecule has 7 nitrogen and oxygen atoms in total. The minimum absolute atomic E-state index is 0.106. The number of aromatic carboxylic acids is 1. The Labute approximate surface area is 113 Å². The summed E-state index contributed by atoms with van der Waals surface area (Å²) in [7, 11) is 0. The lowest BCUT2D eigenvalue weighted by atomic mass is 10.1. The van der Waals surface area contributed by atoms with Crippen molar-refractivity contribution < 1.29 is 19.2 Å². The minimum Gasteiger partial charge on any atom is -0.478 e. The van der Waals surface area contributed by atoms with Crippen molar-refractivity contribution in [2.45, 2.75) is 19.9 Å². The molecular formula is C13H11N3O4. The van der Waals surface area contributed by atoms with E-state index in [1.165, 1.54) is 17.0 Å². The van der Waals surface area contributed by atoms with Crippen LogP contribution >= 0.6 is 0 Å². The van der Waals surface area contributed by atoms with Crippen LogP contribution in [0.4, 0.5) is 5.69 Å². The first-order valence-corrected chi connectivity index (χ1v) is 6.00. The van der Waals surface area contributed by atoms with Crippen LogP contribution in [0, 0.1) is 6.92 Å². The monoisotopic (exact) mass is 273 g/mol. The number of carbonyl (C=O) groups is 2. The van der Waals surface area contributed by atoms with Gasteiger partial charge < -0.3 is 14.5 Å². The second-order valence-corrected chi connectivity index (χ2v) is 4.53. The van der Waals surface area contributed by atoms with E-state index in [1.807, 2.05) is 0 Å². The number of hydrogen-bond donors (Lipinski definition) is 1. The van der Waals surface area contributed by atoms with E-state index in [1.54, 1.807) is 13.0 Å². The number of carboxylic acid groups (broad SMARTS) is 1. The molecule has 0 saturated carbocycles. The van der Waals surface area contributed by atoms with Gasteiger partial charge in [0.2, 0.25) is 11.8 Å². The van der Waals surface area contributed by atoms with Crippen LogP contribution in [-0.2, 0) is 17.8 Å². The molecule has 0 fully saturated rings. The molecule has 7 heteroatoms. The standard InChI is InChI=1S/C13H11N3O4/c1-7-14-11(15-20-7)6-16-10-4-9(13(18)19)3-2-8(10)5-12(16)17/h2-4H,5-6H2,1H3,(H,18,19). The van der Waals surface area contributed by atoms with Gasteiger partial charge in [0, 0.05) is 12.6 Å². The molecule has 1 aliphatic heterocycles. The van der Waals surface area contributed by atoms with E-state index in [9.17, 15) is 9.59 Å². The number of carboxylic acids is 1. The Balaban J connectivity index is 1.95. The number of aromatic nitrogens is 2. The molecule has 0 saturated heterocycles. The van der Waals surface area contributed by atoms with E-state index in [2.05, 4.69) is 10.1 Å². The van der Waals surface area contributed by atoms with Crippen LogP contribution in [0.15, 0.2) is 22.7 Å². The highest BCUT2D eigenvalue weighted by Crippen LogP contribution is 2.31. The van der Waals surface area contributed by atoms with Crippen LogP contribution in [0.25, 0.3) is 0 Å². The smallest absolute Gasteiger partial charge is 0.335 e. The van der Waals surface area contributed by atoms with Gasteiger partial charge >= 0.3 is 5.97 Å². The molecule has 1 aromatic heterocycles. The molecule has 0 spiro atoms. The molecule has 102 valence electrons. The average molecular weight is 273 g/mol. The summed E-state index contributed by atoms with van der Waals surface area (Å²) in [5.74, 6) is -0.317. The summed E-state index contributed by atoms with van der Waals surface area (Å²) in [6.45, 7) is 1.84. The maximum atomic E-state index is 12.0. The Morgan fingerprint density at radius 1 is 1.50 bits per heavy atom. The highest BCUT2D eigenvalue weighted by molar-refractivity contribution is 6.02. The van der Waals surface area contributed by atoms with Crippen LogP contribution < -0.4 is 4.90 Å². The summed E-state index contributed by atoms with van der Waals surface area (Å²) in [6.07, 6.45) is 0.256. The number of nitrogens with zero attached hydrogens (tertiary/aromatic N) is 3. The molecule has 1 amide bonds. The molecule has 0 bridgehead atoms. The fourth-order valence-corrected chi connectivity index (χ4v) is 2.21. The molecule has 3 rings (SSSR count). The van der Waals surface area contributed by atoms with Crippen molar-refractivity contribution in [1.29, 1.82) is 0 Å². The van der Waals surface area contributed by atoms with E-state index in [-0.39, 0.29) is 24.4 Å². The Bertz CT molecular complexity index is 707. The zero-order valence-electron chi connectivity index (χ0n) is 10.7. The maximum absolute atomic E-state index is 12.0. The van der Waals surface area contributed by atoms with E-state index in [0.29, 0.717) is 17.4 Å². The molecule has 0 atom stereocenters. The van der Waals surface area contributed by atoms with Crippen molar-refractivity contribution in [1.82, 2.24) is 10.1 Å². The normalized spacial score (nSPS) is 13.7. The highest BCUT2D eigenvalue weighted by atomic mass is 16.5. The van der Waals surface area contributed by atoms with Gasteiger partial charge in [0.1, 0.15) is 0 Å². The SMILES string of the molecule is Cc1nc(CN2C(=O)Cc3ccc(C(=O)O)cc32)no1. The lowest BCUT2D eigenvalue weighted by Crippen LogP contribution is -2.26. The molecule has 0 aliphatic carbocycles. The Morgan fingerprint density at radius 2 is 2.30 bits per heavy atom. The number of rotatable bonds is 3. The van der Waals surface area contributed by atoms with Gasteiger partial charge in [0.25, 0.3) is 0 Å². The maximum Gasteiger partial charge on any atom is 0.335 e. The number of amides is 1. The van der Waals surface area contributed by atoms with Crippen LogP contribution in [0.3, 0.4) is 0 Å². The van der Waals surface area contributed by atoms with Crippen molar-refractivity contribution in [2.24, 2.45) is 0 Å². The van der Waals surface area contributed by atoms with Gasteiger partial charge in [-0.05, 0) is 17.7 Å². The second kappa shape index (κ2) is 4.44. The third-order valence-corrected chi connectivity index (χ3v) is 3.13. The molecule has 1 aromatic carbocycles. The van der Waals surface area contributed by atoms with Gasteiger partial charge in [-0.15, -0.1) is 0 Å². The van der Waals surface area contributed by atoms with Gasteiger partial charge in [-0.1, -0.05) is 11.2 Å². The van der Waals surface area contributed by atoms with Gasteiger partial charge in [-0.2, -0.15) is 4.98 Å². The lowest BCUT2D eigenvalue weighted by molar-refractivity contribution is -0.117. The van der Waals surface area contributed by atoms with Gasteiger partial charge in [-0.25, -0.2) is 4.79 Å². The van der Waals surface area contributed by atoms with E-state index < -0.39 is 5.97 Å². The molecule has 1 N–H and O–H groups in total. The first-order valence-electron chi connectivity index (χ1n) is 6.00. The molecular weight excluding hydrogens is 262 g/mol. The fraction of sp³-hybridized carbons (Fsp3) is 0.231. The predicted octanol–water partition coefficient (Wildman–Crippen LogP) is 1.17. The van der Waals surface area contributed by atoms with Crippen molar-refractivity contribution >= 4 is 17.6 Å². The Kier molecular flexibility index (Phi) is 2.74. The first kappa shape index (κ1) is 12.3. The summed E-state index contributed by atoms with van der Waals surface area (Å²) in [5, 5.41) is 12.8. The summed E-state index contributed by atoms with van der Waals surface area (Å²) in [4.78, 5) is 28.6. The number of aryl methyl sites for hydroxylation is 1. The van der Waals surface area contributed by atoms with Crippen molar-refractivity contribution in [3.8, 4) is 0 Å². The van der Waals surface area contributed by atoms with Gasteiger partial charge in [0.15, 0.2) is 5.82 Å². The fourth-order valence-electron chi connectivity index (χ4n) is 2.21. The average Bonchev–Trinajstić information content (AvgIpc) is 2.94. The predicted molar refractivity (Wildman–Crippen MR) is 67.3 cm³/mol. The summed E-state index contributed by atoms with van der Waals surface area (Å²) < 4.78 is 4.87. The number of carbonyl (C=O) groups excluding carboxylic acids is 1. The van der Waals surface area contributed by atoms with E-state index in [0.717, 1.165) is 5.56 Å². The van der Waals surface area contributed by atoms with Crippen LogP contribution in [-0.4, -0.2) is 27.1 Å². The molecule has 0 radical (unpaired) electrons. The lowest BCUT2D eigenvalue weighted by Gasteiger charge is -2.15. The van der Waals surface area contributed by atoms with Gasteiger partial charge in [0.05, 0.1) is 18.5 Å².